The number of aromatic hydroxyl groups is 1. The molecule has 0 atom stereocenters. The molecule has 1 rings (SSSR count). The molecule has 1 aromatic rings. The predicted molar refractivity (Wildman–Crippen MR) is 43.1 cm³/mol. The molecule has 11 heavy (non-hydrogen) atoms. The van der Waals surface area contributed by atoms with Gasteiger partial charge in [0.15, 0.2) is 0 Å². The highest BCUT2D eigenvalue weighted by Gasteiger charge is 2.03. The van der Waals surface area contributed by atoms with Gasteiger partial charge in [0.25, 0.3) is 0 Å². The highest BCUT2D eigenvalue weighted by Crippen LogP contribution is 2.04. The van der Waals surface area contributed by atoms with Gasteiger partial charge in [0.05, 0.1) is 6.20 Å². The Labute approximate surface area is 63.3 Å². The van der Waals surface area contributed by atoms with E-state index in [0.717, 1.165) is 9.13 Å². The first-order valence-corrected chi connectivity index (χ1v) is 2.98. The molecule has 0 amide bonds. The number of imidazole rings is 1. The summed E-state index contributed by atoms with van der Waals surface area (Å²) < 4.78 is 2.18. The maximum atomic E-state index is 11.1. The zero-order valence-corrected chi connectivity index (χ0v) is 5.90. The van der Waals surface area contributed by atoms with E-state index in [4.69, 9.17) is 5.11 Å². The molecule has 1 N–H and O–H groups in total. The second-order valence-corrected chi connectivity index (χ2v) is 1.91. The van der Waals surface area contributed by atoms with Crippen molar-refractivity contribution in [2.45, 2.75) is 0 Å². The van der Waals surface area contributed by atoms with Crippen LogP contribution in [0.2, 0.25) is 0 Å². The van der Waals surface area contributed by atoms with Crippen molar-refractivity contribution in [3.05, 3.63) is 29.8 Å². The molecule has 0 saturated carbocycles. The first-order valence-electron chi connectivity index (χ1n) is 2.98. The molecule has 0 fully saturated rings. The van der Waals surface area contributed by atoms with E-state index in [1.54, 1.807) is 0 Å². The minimum atomic E-state index is -0.382. The molecule has 0 unspecified atom stereocenters. The zero-order chi connectivity index (χ0) is 8.43. The molecule has 4 nitrogen and oxygen atoms in total. The summed E-state index contributed by atoms with van der Waals surface area (Å²) in [5.74, 6) is -0.148. The second-order valence-electron chi connectivity index (χ2n) is 1.91. The van der Waals surface area contributed by atoms with E-state index in [0.29, 0.717) is 0 Å². The van der Waals surface area contributed by atoms with Crippen LogP contribution in [-0.4, -0.2) is 14.2 Å². The Balaban J connectivity index is 3.48. The van der Waals surface area contributed by atoms with Crippen molar-refractivity contribution in [2.24, 2.45) is 0 Å². The summed E-state index contributed by atoms with van der Waals surface area (Å²) in [6, 6.07) is 0. The van der Waals surface area contributed by atoms with E-state index >= 15 is 0 Å². The number of hydrogen-bond acceptors (Lipinski definition) is 2. The Kier molecular flexibility index (Phi) is 1.68. The Morgan fingerprint density at radius 1 is 1.45 bits per heavy atom. The smallest absolute Gasteiger partial charge is 0.339 e. The number of aromatic nitrogens is 2. The minimum Gasteiger partial charge on any atom is -0.493 e. The van der Waals surface area contributed by atoms with E-state index in [2.05, 4.69) is 13.2 Å². The molecule has 0 spiro atoms. The summed E-state index contributed by atoms with van der Waals surface area (Å²) in [6.07, 6.45) is 3.80. The largest absolute Gasteiger partial charge is 0.493 e. The van der Waals surface area contributed by atoms with Gasteiger partial charge >= 0.3 is 5.69 Å². The standard InChI is InChI=1S/C7H8N2O2/c1-3-8-5-6(10)9(4-2)7(8)11/h3-5,10H,1-2H2. The molecular formula is C7H8N2O2. The first-order chi connectivity index (χ1) is 5.20. The molecule has 4 heteroatoms. The Morgan fingerprint density at radius 2 is 2.09 bits per heavy atom. The van der Waals surface area contributed by atoms with E-state index in [1.165, 1.54) is 18.6 Å². The van der Waals surface area contributed by atoms with Crippen molar-refractivity contribution in [1.82, 2.24) is 9.13 Å². The van der Waals surface area contributed by atoms with Gasteiger partial charge in [-0.25, -0.2) is 9.36 Å². The van der Waals surface area contributed by atoms with Crippen LogP contribution in [0.15, 0.2) is 24.1 Å². The van der Waals surface area contributed by atoms with E-state index in [1.807, 2.05) is 0 Å². The molecule has 0 aliphatic rings. The van der Waals surface area contributed by atoms with Crippen LogP contribution < -0.4 is 5.69 Å². The molecule has 58 valence electrons. The van der Waals surface area contributed by atoms with Gasteiger partial charge in [-0.1, -0.05) is 13.2 Å². The van der Waals surface area contributed by atoms with Crippen LogP contribution in [0.25, 0.3) is 12.4 Å². The van der Waals surface area contributed by atoms with Gasteiger partial charge in [-0.05, 0) is 0 Å². The Bertz CT molecular complexity index is 346. The van der Waals surface area contributed by atoms with Gasteiger partial charge in [0, 0.05) is 12.4 Å². The second kappa shape index (κ2) is 2.49. The molecule has 0 saturated heterocycles. The Morgan fingerprint density at radius 3 is 2.36 bits per heavy atom. The van der Waals surface area contributed by atoms with Crippen LogP contribution in [0.1, 0.15) is 0 Å². The Hall–Kier alpha value is -1.71. The number of rotatable bonds is 2. The van der Waals surface area contributed by atoms with Gasteiger partial charge in [-0.3, -0.25) is 4.57 Å². The SMILES string of the molecule is C=Cn1cc(O)n(C=C)c1=O. The summed E-state index contributed by atoms with van der Waals surface area (Å²) >= 11 is 0. The van der Waals surface area contributed by atoms with Crippen LogP contribution in [0.4, 0.5) is 0 Å². The van der Waals surface area contributed by atoms with Crippen LogP contribution in [0.5, 0.6) is 5.88 Å². The monoisotopic (exact) mass is 152 g/mol. The third-order valence-corrected chi connectivity index (χ3v) is 1.31. The summed E-state index contributed by atoms with van der Waals surface area (Å²) in [5.41, 5.74) is -0.382. The fraction of sp³-hybridized carbons (Fsp3) is 0. The lowest BCUT2D eigenvalue weighted by Crippen LogP contribution is -2.17. The normalized spacial score (nSPS) is 9.45. The third-order valence-electron chi connectivity index (χ3n) is 1.31. The lowest BCUT2D eigenvalue weighted by atomic mass is 10.8. The summed E-state index contributed by atoms with van der Waals surface area (Å²) in [7, 11) is 0. The predicted octanol–water partition coefficient (Wildman–Crippen LogP) is 0.556. The molecule has 0 radical (unpaired) electrons. The molecule has 0 aliphatic heterocycles. The van der Waals surface area contributed by atoms with Crippen molar-refractivity contribution < 1.29 is 5.11 Å². The van der Waals surface area contributed by atoms with E-state index in [9.17, 15) is 4.79 Å². The summed E-state index contributed by atoms with van der Waals surface area (Å²) in [4.78, 5) is 11.1. The highest BCUT2D eigenvalue weighted by molar-refractivity contribution is 5.29. The van der Waals surface area contributed by atoms with Crippen LogP contribution in [-0.2, 0) is 0 Å². The van der Waals surface area contributed by atoms with Crippen LogP contribution in [0, 0.1) is 0 Å². The van der Waals surface area contributed by atoms with Crippen molar-refractivity contribution in [2.75, 3.05) is 0 Å². The number of nitrogens with zero attached hydrogens (tertiary/aromatic N) is 2. The van der Waals surface area contributed by atoms with Gasteiger partial charge in [0.2, 0.25) is 5.88 Å². The van der Waals surface area contributed by atoms with E-state index < -0.39 is 0 Å². The van der Waals surface area contributed by atoms with Crippen molar-refractivity contribution in [1.29, 1.82) is 0 Å². The fourth-order valence-electron chi connectivity index (χ4n) is 0.767. The van der Waals surface area contributed by atoms with Gasteiger partial charge < -0.3 is 5.11 Å². The molecule has 1 heterocycles. The quantitative estimate of drug-likeness (QED) is 0.672. The summed E-state index contributed by atoms with van der Waals surface area (Å²) in [6.45, 7) is 6.74. The fourth-order valence-corrected chi connectivity index (χ4v) is 0.767. The van der Waals surface area contributed by atoms with Crippen LogP contribution >= 0.6 is 0 Å². The molecule has 1 aromatic heterocycles. The first kappa shape index (κ1) is 7.40. The van der Waals surface area contributed by atoms with Gasteiger partial charge in [-0.2, -0.15) is 0 Å². The van der Waals surface area contributed by atoms with Crippen molar-refractivity contribution in [3.63, 3.8) is 0 Å². The van der Waals surface area contributed by atoms with Crippen molar-refractivity contribution in [3.8, 4) is 5.88 Å². The van der Waals surface area contributed by atoms with Gasteiger partial charge in [-0.15, -0.1) is 0 Å². The van der Waals surface area contributed by atoms with E-state index in [-0.39, 0.29) is 11.6 Å². The van der Waals surface area contributed by atoms with Crippen LogP contribution in [0.3, 0.4) is 0 Å². The lowest BCUT2D eigenvalue weighted by molar-refractivity contribution is 0.444. The van der Waals surface area contributed by atoms with Gasteiger partial charge in [0.1, 0.15) is 0 Å². The zero-order valence-electron chi connectivity index (χ0n) is 5.90. The average Bonchev–Trinajstić information content (AvgIpc) is 2.26. The summed E-state index contributed by atoms with van der Waals surface area (Å²) in [5, 5.41) is 9.07. The topological polar surface area (TPSA) is 47.2 Å². The highest BCUT2D eigenvalue weighted by atomic mass is 16.3. The average molecular weight is 152 g/mol. The number of hydrogen-bond donors (Lipinski definition) is 1. The molecule has 0 bridgehead atoms. The maximum Gasteiger partial charge on any atom is 0.339 e. The van der Waals surface area contributed by atoms with Crippen molar-refractivity contribution >= 4 is 12.4 Å². The minimum absolute atomic E-state index is 0.148. The molecule has 0 aliphatic carbocycles. The lowest BCUT2D eigenvalue weighted by Gasteiger charge is -1.88. The molecule has 0 aromatic carbocycles. The third kappa shape index (κ3) is 0.980. The maximum absolute atomic E-state index is 11.1. The molecular weight excluding hydrogens is 144 g/mol.